The zero-order valence-corrected chi connectivity index (χ0v) is 12.7. The summed E-state index contributed by atoms with van der Waals surface area (Å²) in [5.41, 5.74) is 0.395. The van der Waals surface area contributed by atoms with Crippen molar-refractivity contribution < 1.29 is 23.1 Å². The third kappa shape index (κ3) is 3.08. The minimum absolute atomic E-state index is 0.0160. The second-order valence-corrected chi connectivity index (χ2v) is 4.94. The van der Waals surface area contributed by atoms with Gasteiger partial charge in [-0.05, 0) is 13.0 Å². The van der Waals surface area contributed by atoms with Gasteiger partial charge in [-0.2, -0.15) is 0 Å². The van der Waals surface area contributed by atoms with Crippen molar-refractivity contribution in [2.24, 2.45) is 0 Å². The molecular formula is C16H16F2N2O3. The molecule has 1 atom stereocenters. The van der Waals surface area contributed by atoms with Gasteiger partial charge in [-0.1, -0.05) is 12.1 Å². The Hall–Kier alpha value is -2.70. The molecule has 0 saturated heterocycles. The number of rotatable bonds is 4. The van der Waals surface area contributed by atoms with Crippen molar-refractivity contribution in [3.05, 3.63) is 59.3 Å². The Balaban J connectivity index is 2.59. The molecule has 2 rings (SSSR count). The van der Waals surface area contributed by atoms with Gasteiger partial charge in [-0.15, -0.1) is 6.58 Å². The normalized spacial score (nSPS) is 17.8. The number of carbonyl (C=O) groups is 2. The lowest BCUT2D eigenvalue weighted by atomic mass is 9.94. The number of urea groups is 1. The number of hydrogen-bond acceptors (Lipinski definition) is 3. The molecule has 1 aromatic carbocycles. The highest BCUT2D eigenvalue weighted by molar-refractivity contribution is 5.95. The molecule has 0 aromatic heterocycles. The molecule has 0 unspecified atom stereocenters. The lowest BCUT2D eigenvalue weighted by Gasteiger charge is -2.34. The van der Waals surface area contributed by atoms with Crippen LogP contribution >= 0.6 is 0 Å². The molecule has 23 heavy (non-hydrogen) atoms. The summed E-state index contributed by atoms with van der Waals surface area (Å²) in [6.07, 6.45) is 1.50. The summed E-state index contributed by atoms with van der Waals surface area (Å²) in [5.74, 6) is -2.31. The minimum Gasteiger partial charge on any atom is -0.466 e. The number of hydrogen-bond donors (Lipinski definition) is 1. The first kappa shape index (κ1) is 16.7. The number of ether oxygens (including phenoxy) is 1. The van der Waals surface area contributed by atoms with Crippen LogP contribution in [-0.2, 0) is 9.53 Å². The summed E-state index contributed by atoms with van der Waals surface area (Å²) in [6, 6.07) is 1.38. The van der Waals surface area contributed by atoms with E-state index in [2.05, 4.69) is 11.9 Å². The summed E-state index contributed by atoms with van der Waals surface area (Å²) >= 11 is 0. The van der Waals surface area contributed by atoms with Gasteiger partial charge in [0, 0.05) is 23.9 Å². The van der Waals surface area contributed by atoms with Crippen LogP contribution in [0.25, 0.3) is 0 Å². The minimum atomic E-state index is -1.06. The molecular weight excluding hydrogens is 306 g/mol. The fraction of sp³-hybridized carbons (Fsp3) is 0.250. The SMILES string of the molecule is C=CCN1C(=O)N[C@H](c2ccc(F)cc2F)C(C(=O)OC)=C1C. The second kappa shape index (κ2) is 6.60. The largest absolute Gasteiger partial charge is 0.466 e. The van der Waals surface area contributed by atoms with E-state index in [4.69, 9.17) is 4.74 Å². The van der Waals surface area contributed by atoms with E-state index in [1.807, 2.05) is 0 Å². The highest BCUT2D eigenvalue weighted by Crippen LogP contribution is 2.32. The molecule has 1 aromatic rings. The van der Waals surface area contributed by atoms with Crippen LogP contribution < -0.4 is 5.32 Å². The number of amides is 2. The molecule has 5 nitrogen and oxygen atoms in total. The van der Waals surface area contributed by atoms with Gasteiger partial charge in [-0.25, -0.2) is 18.4 Å². The summed E-state index contributed by atoms with van der Waals surface area (Å²) in [5, 5.41) is 2.54. The quantitative estimate of drug-likeness (QED) is 0.685. The van der Waals surface area contributed by atoms with Crippen LogP contribution in [0.5, 0.6) is 0 Å². The maximum atomic E-state index is 14.1. The molecule has 7 heteroatoms. The lowest BCUT2D eigenvalue weighted by Crippen LogP contribution is -2.48. The fourth-order valence-corrected chi connectivity index (χ4v) is 2.47. The van der Waals surface area contributed by atoms with E-state index in [0.717, 1.165) is 6.07 Å². The van der Waals surface area contributed by atoms with Crippen LogP contribution in [0.4, 0.5) is 13.6 Å². The summed E-state index contributed by atoms with van der Waals surface area (Å²) in [7, 11) is 1.19. The lowest BCUT2D eigenvalue weighted by molar-refractivity contribution is -0.136. The smallest absolute Gasteiger partial charge is 0.337 e. The first-order chi connectivity index (χ1) is 10.9. The molecule has 0 aliphatic carbocycles. The molecule has 2 amide bonds. The summed E-state index contributed by atoms with van der Waals surface area (Å²) in [6.45, 7) is 5.29. The molecule has 1 aliphatic heterocycles. The number of esters is 1. The first-order valence-corrected chi connectivity index (χ1v) is 6.83. The number of nitrogens with zero attached hydrogens (tertiary/aromatic N) is 1. The van der Waals surface area contributed by atoms with E-state index in [1.54, 1.807) is 6.92 Å². The molecule has 1 heterocycles. The van der Waals surface area contributed by atoms with Gasteiger partial charge in [0.15, 0.2) is 0 Å². The highest BCUT2D eigenvalue weighted by atomic mass is 19.1. The van der Waals surface area contributed by atoms with Gasteiger partial charge >= 0.3 is 12.0 Å². The Morgan fingerprint density at radius 3 is 2.74 bits per heavy atom. The van der Waals surface area contributed by atoms with Crippen LogP contribution in [0.15, 0.2) is 42.1 Å². The van der Waals surface area contributed by atoms with Crippen LogP contribution in [0.3, 0.4) is 0 Å². The van der Waals surface area contributed by atoms with E-state index in [-0.39, 0.29) is 17.7 Å². The van der Waals surface area contributed by atoms with Crippen molar-refractivity contribution in [1.29, 1.82) is 0 Å². The van der Waals surface area contributed by atoms with E-state index in [9.17, 15) is 18.4 Å². The standard InChI is InChI=1S/C16H16F2N2O3/c1-4-7-20-9(2)13(15(21)23-3)14(19-16(20)22)11-6-5-10(17)8-12(11)18/h4-6,8,14H,1,7H2,2-3H3,(H,19,22)/t14-/m1/s1. The van der Waals surface area contributed by atoms with E-state index >= 15 is 0 Å². The van der Waals surface area contributed by atoms with Gasteiger partial charge in [-0.3, -0.25) is 4.90 Å². The summed E-state index contributed by atoms with van der Waals surface area (Å²) in [4.78, 5) is 25.6. The maximum absolute atomic E-state index is 14.1. The Morgan fingerprint density at radius 1 is 1.48 bits per heavy atom. The van der Waals surface area contributed by atoms with E-state index in [0.29, 0.717) is 11.8 Å². The number of halogens is 2. The van der Waals surface area contributed by atoms with Gasteiger partial charge < -0.3 is 10.1 Å². The van der Waals surface area contributed by atoms with E-state index in [1.165, 1.54) is 24.2 Å². The molecule has 1 N–H and O–H groups in total. The predicted molar refractivity (Wildman–Crippen MR) is 79.2 cm³/mol. The maximum Gasteiger partial charge on any atom is 0.337 e. The van der Waals surface area contributed by atoms with Crippen molar-refractivity contribution in [3.63, 3.8) is 0 Å². The zero-order chi connectivity index (χ0) is 17.1. The van der Waals surface area contributed by atoms with Crippen LogP contribution in [0.1, 0.15) is 18.5 Å². The first-order valence-electron chi connectivity index (χ1n) is 6.83. The zero-order valence-electron chi connectivity index (χ0n) is 12.7. The van der Waals surface area contributed by atoms with Gasteiger partial charge in [0.2, 0.25) is 0 Å². The van der Waals surface area contributed by atoms with Crippen molar-refractivity contribution >= 4 is 12.0 Å². The highest BCUT2D eigenvalue weighted by Gasteiger charge is 2.37. The molecule has 0 saturated carbocycles. The Labute approximate surface area is 132 Å². The van der Waals surface area contributed by atoms with Crippen molar-refractivity contribution in [2.75, 3.05) is 13.7 Å². The molecule has 0 spiro atoms. The molecule has 0 radical (unpaired) electrons. The van der Waals surface area contributed by atoms with Crippen molar-refractivity contribution in [1.82, 2.24) is 10.2 Å². The molecule has 1 aliphatic rings. The van der Waals surface area contributed by atoms with Crippen molar-refractivity contribution in [2.45, 2.75) is 13.0 Å². The average molecular weight is 322 g/mol. The van der Waals surface area contributed by atoms with E-state index < -0.39 is 29.7 Å². The third-order valence-electron chi connectivity index (χ3n) is 3.59. The number of allylic oxidation sites excluding steroid dienone is 1. The average Bonchev–Trinajstić information content (AvgIpc) is 2.50. The van der Waals surface area contributed by atoms with Crippen LogP contribution in [0.2, 0.25) is 0 Å². The van der Waals surface area contributed by atoms with Gasteiger partial charge in [0.05, 0.1) is 18.7 Å². The fourth-order valence-electron chi connectivity index (χ4n) is 2.47. The second-order valence-electron chi connectivity index (χ2n) is 4.94. The Kier molecular flexibility index (Phi) is 4.78. The Morgan fingerprint density at radius 2 is 2.17 bits per heavy atom. The number of nitrogens with one attached hydrogen (secondary N) is 1. The predicted octanol–water partition coefficient (Wildman–Crippen LogP) is 2.66. The van der Waals surface area contributed by atoms with Gasteiger partial charge in [0.1, 0.15) is 11.6 Å². The van der Waals surface area contributed by atoms with Crippen molar-refractivity contribution in [3.8, 4) is 0 Å². The molecule has 0 fully saturated rings. The number of methoxy groups -OCH3 is 1. The number of carbonyl (C=O) groups excluding carboxylic acids is 2. The number of benzene rings is 1. The van der Waals surface area contributed by atoms with Gasteiger partial charge in [0.25, 0.3) is 0 Å². The van der Waals surface area contributed by atoms with Crippen LogP contribution in [0, 0.1) is 11.6 Å². The topological polar surface area (TPSA) is 58.6 Å². The van der Waals surface area contributed by atoms with Crippen LogP contribution in [-0.4, -0.2) is 30.6 Å². The Bertz CT molecular complexity index is 701. The molecule has 122 valence electrons. The summed E-state index contributed by atoms with van der Waals surface area (Å²) < 4.78 is 31.9. The monoisotopic (exact) mass is 322 g/mol. The third-order valence-corrected chi connectivity index (χ3v) is 3.59. The molecule has 0 bridgehead atoms.